The molecule has 5 nitrogen and oxygen atoms in total. The Labute approximate surface area is 153 Å². The Morgan fingerprint density at radius 2 is 1.50 bits per heavy atom. The molecule has 26 heavy (non-hydrogen) atoms. The number of nitrogens with zero attached hydrogens (tertiary/aromatic N) is 2. The monoisotopic (exact) mass is 350 g/mol. The van der Waals surface area contributed by atoms with E-state index in [0.717, 1.165) is 31.7 Å². The van der Waals surface area contributed by atoms with Crippen molar-refractivity contribution in [2.45, 2.75) is 19.0 Å². The topological polar surface area (TPSA) is 45.1 Å². The van der Waals surface area contributed by atoms with Crippen molar-refractivity contribution in [2.24, 2.45) is 0 Å². The van der Waals surface area contributed by atoms with E-state index in [2.05, 4.69) is 29.2 Å². The molecule has 2 aromatic carbocycles. The molecule has 4 rings (SSSR count). The lowest BCUT2D eigenvalue weighted by molar-refractivity contribution is -0.915. The molecule has 0 aromatic heterocycles. The van der Waals surface area contributed by atoms with E-state index in [9.17, 15) is 9.59 Å². The number of carbonyl (C=O) groups is 2. The first-order valence-electron chi connectivity index (χ1n) is 9.25. The van der Waals surface area contributed by atoms with Gasteiger partial charge in [0.25, 0.3) is 5.91 Å². The second-order valence-electron chi connectivity index (χ2n) is 7.04. The van der Waals surface area contributed by atoms with E-state index in [-0.39, 0.29) is 17.9 Å². The molecule has 2 aliphatic rings. The summed E-state index contributed by atoms with van der Waals surface area (Å²) >= 11 is 0. The van der Waals surface area contributed by atoms with E-state index in [1.54, 1.807) is 0 Å². The van der Waals surface area contributed by atoms with Crippen LogP contribution in [0.4, 0.5) is 5.69 Å². The second kappa shape index (κ2) is 7.30. The maximum Gasteiger partial charge on any atom is 0.288 e. The summed E-state index contributed by atoms with van der Waals surface area (Å²) in [7, 11) is 0. The van der Waals surface area contributed by atoms with Crippen LogP contribution >= 0.6 is 0 Å². The van der Waals surface area contributed by atoms with Gasteiger partial charge in [0.2, 0.25) is 5.91 Å². The Hall–Kier alpha value is -2.66. The van der Waals surface area contributed by atoms with Crippen LogP contribution in [0.15, 0.2) is 60.7 Å². The highest BCUT2D eigenvalue weighted by Gasteiger charge is 2.45. The zero-order valence-corrected chi connectivity index (χ0v) is 14.8. The van der Waals surface area contributed by atoms with E-state index in [1.165, 1.54) is 15.5 Å². The Kier molecular flexibility index (Phi) is 4.71. The van der Waals surface area contributed by atoms with Gasteiger partial charge in [-0.3, -0.25) is 14.5 Å². The number of nitrogens with one attached hydrogen (secondary N) is 1. The molecule has 2 heterocycles. The van der Waals surface area contributed by atoms with E-state index in [0.29, 0.717) is 13.0 Å². The number of piperazine rings is 1. The van der Waals surface area contributed by atoms with E-state index in [4.69, 9.17) is 0 Å². The van der Waals surface area contributed by atoms with Crippen molar-refractivity contribution >= 4 is 17.5 Å². The number of imide groups is 1. The van der Waals surface area contributed by atoms with Crippen molar-refractivity contribution in [3.05, 3.63) is 66.2 Å². The predicted octanol–water partition coefficient (Wildman–Crippen LogP) is 0.719. The van der Waals surface area contributed by atoms with Crippen molar-refractivity contribution in [1.82, 2.24) is 4.90 Å². The van der Waals surface area contributed by atoms with Crippen molar-refractivity contribution in [2.75, 3.05) is 31.1 Å². The molecule has 2 fully saturated rings. The second-order valence-corrected chi connectivity index (χ2v) is 7.04. The average Bonchev–Trinajstić information content (AvgIpc) is 2.98. The Morgan fingerprint density at radius 1 is 0.885 bits per heavy atom. The molecule has 1 N–H and O–H groups in total. The molecule has 0 unspecified atom stereocenters. The largest absolute Gasteiger partial charge is 0.360 e. The average molecular weight is 350 g/mol. The first-order valence-corrected chi connectivity index (χ1v) is 9.25. The van der Waals surface area contributed by atoms with Crippen LogP contribution in [-0.2, 0) is 16.1 Å². The molecule has 5 heteroatoms. The van der Waals surface area contributed by atoms with Gasteiger partial charge in [-0.1, -0.05) is 48.5 Å². The Balaban J connectivity index is 1.38. The fraction of sp³-hybridized carbons (Fsp3) is 0.333. The normalized spacial score (nSPS) is 21.5. The molecule has 0 saturated carbocycles. The van der Waals surface area contributed by atoms with Crippen molar-refractivity contribution in [3.63, 3.8) is 0 Å². The van der Waals surface area contributed by atoms with Gasteiger partial charge in [0, 0.05) is 5.69 Å². The molecule has 134 valence electrons. The van der Waals surface area contributed by atoms with Crippen molar-refractivity contribution in [1.29, 1.82) is 0 Å². The number of hydrogen-bond acceptors (Lipinski definition) is 3. The zero-order chi connectivity index (χ0) is 17.9. The number of benzene rings is 2. The van der Waals surface area contributed by atoms with Gasteiger partial charge in [0.15, 0.2) is 6.04 Å². The molecule has 0 spiro atoms. The molecule has 1 atom stereocenters. The highest BCUT2D eigenvalue weighted by molar-refractivity contribution is 6.04. The van der Waals surface area contributed by atoms with Crippen LogP contribution in [0.25, 0.3) is 0 Å². The lowest BCUT2D eigenvalue weighted by atomic mass is 10.1. The van der Waals surface area contributed by atoms with Crippen LogP contribution < -0.4 is 9.80 Å². The number of hydrogen-bond donors (Lipinski definition) is 1. The number of anilines is 1. The minimum absolute atomic E-state index is 0.0120. The highest BCUT2D eigenvalue weighted by atomic mass is 16.2. The minimum Gasteiger partial charge on any atom is -0.360 e. The fourth-order valence-electron chi connectivity index (χ4n) is 3.97. The van der Waals surface area contributed by atoms with Gasteiger partial charge < -0.3 is 9.80 Å². The molecule has 2 aliphatic heterocycles. The third-order valence-corrected chi connectivity index (χ3v) is 5.45. The van der Waals surface area contributed by atoms with Crippen LogP contribution in [-0.4, -0.2) is 48.9 Å². The van der Waals surface area contributed by atoms with Gasteiger partial charge in [-0.05, 0) is 17.7 Å². The fourth-order valence-corrected chi connectivity index (χ4v) is 3.97. The third kappa shape index (κ3) is 3.35. The van der Waals surface area contributed by atoms with Gasteiger partial charge in [-0.25, -0.2) is 0 Å². The van der Waals surface area contributed by atoms with Gasteiger partial charge in [-0.15, -0.1) is 0 Å². The summed E-state index contributed by atoms with van der Waals surface area (Å²) in [4.78, 5) is 30.3. The van der Waals surface area contributed by atoms with E-state index < -0.39 is 0 Å². The SMILES string of the molecule is O=C1C[C@@H]([NH+]2CCN(c3ccccc3)CC2)C(=O)N1Cc1ccccc1. The minimum atomic E-state index is -0.218. The van der Waals surface area contributed by atoms with Gasteiger partial charge >= 0.3 is 0 Å². The van der Waals surface area contributed by atoms with Crippen molar-refractivity contribution < 1.29 is 14.5 Å². The van der Waals surface area contributed by atoms with E-state index >= 15 is 0 Å². The lowest BCUT2D eigenvalue weighted by Crippen LogP contribution is -3.19. The number of rotatable bonds is 4. The smallest absolute Gasteiger partial charge is 0.288 e. The first-order chi connectivity index (χ1) is 12.7. The molecule has 0 bridgehead atoms. The summed E-state index contributed by atoms with van der Waals surface area (Å²) in [5.41, 5.74) is 2.23. The molecule has 2 saturated heterocycles. The van der Waals surface area contributed by atoms with Gasteiger partial charge in [0.05, 0.1) is 39.1 Å². The molecule has 0 aliphatic carbocycles. The zero-order valence-electron chi connectivity index (χ0n) is 14.8. The standard InChI is InChI=1S/C21H23N3O2/c25-20-15-19(21(26)24(20)16-17-7-3-1-4-8-17)23-13-11-22(12-14-23)18-9-5-2-6-10-18/h1-10,19H,11-16H2/p+1/t19-/m1/s1. The predicted molar refractivity (Wildman–Crippen MR) is 99.8 cm³/mol. The summed E-state index contributed by atoms with van der Waals surface area (Å²) in [5.74, 6) is -0.0520. The summed E-state index contributed by atoms with van der Waals surface area (Å²) in [6.07, 6.45) is 0.340. The van der Waals surface area contributed by atoms with Crippen LogP contribution in [0, 0.1) is 0 Å². The molecule has 2 amide bonds. The van der Waals surface area contributed by atoms with Crippen LogP contribution in [0.2, 0.25) is 0 Å². The third-order valence-electron chi connectivity index (χ3n) is 5.45. The van der Waals surface area contributed by atoms with Gasteiger partial charge in [-0.2, -0.15) is 0 Å². The maximum absolute atomic E-state index is 12.8. The first kappa shape index (κ1) is 16.8. The summed E-state index contributed by atoms with van der Waals surface area (Å²) in [5, 5.41) is 0. The number of carbonyl (C=O) groups excluding carboxylic acids is 2. The molecule has 2 aromatic rings. The number of para-hydroxylation sites is 1. The maximum atomic E-state index is 12.8. The Bertz CT molecular complexity index is 770. The van der Waals surface area contributed by atoms with Crippen LogP contribution in [0.5, 0.6) is 0 Å². The van der Waals surface area contributed by atoms with Crippen LogP contribution in [0.3, 0.4) is 0 Å². The van der Waals surface area contributed by atoms with Gasteiger partial charge in [0.1, 0.15) is 0 Å². The summed E-state index contributed by atoms with van der Waals surface area (Å²) in [6, 6.07) is 19.9. The number of likely N-dealkylation sites (tertiary alicyclic amines) is 1. The summed E-state index contributed by atoms with van der Waals surface area (Å²) in [6.45, 7) is 3.99. The molecular weight excluding hydrogens is 326 g/mol. The number of quaternary nitrogens is 1. The molecule has 0 radical (unpaired) electrons. The Morgan fingerprint density at radius 3 is 2.15 bits per heavy atom. The van der Waals surface area contributed by atoms with Crippen molar-refractivity contribution in [3.8, 4) is 0 Å². The van der Waals surface area contributed by atoms with E-state index in [1.807, 2.05) is 36.4 Å². The van der Waals surface area contributed by atoms with Crippen LogP contribution in [0.1, 0.15) is 12.0 Å². The quantitative estimate of drug-likeness (QED) is 0.827. The number of amides is 2. The highest BCUT2D eigenvalue weighted by Crippen LogP contribution is 2.17. The molecular formula is C21H24N3O2+. The summed E-state index contributed by atoms with van der Waals surface area (Å²) < 4.78 is 0. The lowest BCUT2D eigenvalue weighted by Gasteiger charge is -2.35.